The quantitative estimate of drug-likeness (QED) is 0.673. The van der Waals surface area contributed by atoms with E-state index < -0.39 is 5.41 Å². The molecule has 0 fully saturated rings. The normalized spacial score (nSPS) is 11.4. The van der Waals surface area contributed by atoms with Crippen molar-refractivity contribution in [2.24, 2.45) is 12.5 Å². The molecule has 0 aromatic carbocycles. The molecular weight excluding hydrogens is 180 g/mol. The van der Waals surface area contributed by atoms with Gasteiger partial charge >= 0.3 is 5.97 Å². The SMILES string of the molecule is Cn1cnc(COC(=O)C(C)(C)C)c1. The van der Waals surface area contributed by atoms with E-state index in [-0.39, 0.29) is 12.6 Å². The number of hydrogen-bond donors (Lipinski definition) is 0. The minimum atomic E-state index is -0.450. The number of carbonyl (C=O) groups excluding carboxylic acids is 1. The van der Waals surface area contributed by atoms with Crippen LogP contribution in [0.25, 0.3) is 0 Å². The topological polar surface area (TPSA) is 44.1 Å². The maximum absolute atomic E-state index is 11.4. The number of aromatic nitrogens is 2. The first-order chi connectivity index (χ1) is 6.39. The Labute approximate surface area is 83.9 Å². The van der Waals surface area contributed by atoms with Gasteiger partial charge in [-0.15, -0.1) is 0 Å². The second-order valence-electron chi connectivity index (χ2n) is 4.36. The Kier molecular flexibility index (Phi) is 2.93. The first kappa shape index (κ1) is 10.8. The van der Waals surface area contributed by atoms with Crippen LogP contribution in [0, 0.1) is 5.41 Å². The third-order valence-corrected chi connectivity index (χ3v) is 1.72. The molecule has 0 aliphatic heterocycles. The first-order valence-corrected chi connectivity index (χ1v) is 4.53. The number of rotatable bonds is 2. The summed E-state index contributed by atoms with van der Waals surface area (Å²) in [6.45, 7) is 5.73. The van der Waals surface area contributed by atoms with E-state index >= 15 is 0 Å². The minimum absolute atomic E-state index is 0.205. The first-order valence-electron chi connectivity index (χ1n) is 4.53. The Hall–Kier alpha value is -1.32. The molecule has 4 nitrogen and oxygen atoms in total. The highest BCUT2D eigenvalue weighted by molar-refractivity contribution is 5.75. The predicted molar refractivity (Wildman–Crippen MR) is 52.5 cm³/mol. The molecule has 0 unspecified atom stereocenters. The maximum Gasteiger partial charge on any atom is 0.311 e. The summed E-state index contributed by atoms with van der Waals surface area (Å²) in [6, 6.07) is 0. The molecule has 78 valence electrons. The maximum atomic E-state index is 11.4. The summed E-state index contributed by atoms with van der Waals surface area (Å²) in [5, 5.41) is 0. The summed E-state index contributed by atoms with van der Waals surface area (Å²) in [5.74, 6) is -0.205. The van der Waals surface area contributed by atoms with Crippen molar-refractivity contribution in [2.75, 3.05) is 0 Å². The summed E-state index contributed by atoms with van der Waals surface area (Å²) in [4.78, 5) is 15.4. The molecule has 0 spiro atoms. The second kappa shape index (κ2) is 3.82. The van der Waals surface area contributed by atoms with Gasteiger partial charge in [-0.2, -0.15) is 0 Å². The van der Waals surface area contributed by atoms with Crippen molar-refractivity contribution < 1.29 is 9.53 Å². The Balaban J connectivity index is 2.46. The zero-order valence-corrected chi connectivity index (χ0v) is 9.07. The van der Waals surface area contributed by atoms with Crippen LogP contribution in [-0.4, -0.2) is 15.5 Å². The van der Waals surface area contributed by atoms with Crippen LogP contribution >= 0.6 is 0 Å². The van der Waals surface area contributed by atoms with Gasteiger partial charge in [-0.25, -0.2) is 4.98 Å². The number of imidazole rings is 1. The average Bonchev–Trinajstić information content (AvgIpc) is 2.45. The number of hydrogen-bond acceptors (Lipinski definition) is 3. The molecule has 0 aliphatic carbocycles. The summed E-state index contributed by atoms with van der Waals surface area (Å²) in [7, 11) is 1.88. The lowest BCUT2D eigenvalue weighted by Gasteiger charge is -2.15. The van der Waals surface area contributed by atoms with Gasteiger partial charge in [-0.3, -0.25) is 4.79 Å². The van der Waals surface area contributed by atoms with Crippen molar-refractivity contribution >= 4 is 5.97 Å². The van der Waals surface area contributed by atoms with E-state index in [2.05, 4.69) is 4.98 Å². The molecule has 1 aromatic rings. The highest BCUT2D eigenvalue weighted by atomic mass is 16.5. The average molecular weight is 196 g/mol. The summed E-state index contributed by atoms with van der Waals surface area (Å²) >= 11 is 0. The van der Waals surface area contributed by atoms with E-state index in [0.29, 0.717) is 0 Å². The van der Waals surface area contributed by atoms with Crippen LogP contribution in [0.4, 0.5) is 0 Å². The predicted octanol–water partition coefficient (Wildman–Crippen LogP) is 1.51. The van der Waals surface area contributed by atoms with Crippen LogP contribution in [0.1, 0.15) is 26.5 Å². The number of aryl methyl sites for hydroxylation is 1. The Bertz CT molecular complexity index is 323. The standard InChI is InChI=1S/C10H16N2O2/c1-10(2,3)9(13)14-6-8-5-12(4)7-11-8/h5,7H,6H2,1-4H3. The van der Waals surface area contributed by atoms with E-state index in [9.17, 15) is 4.79 Å². The lowest BCUT2D eigenvalue weighted by Crippen LogP contribution is -2.22. The third-order valence-electron chi connectivity index (χ3n) is 1.72. The van der Waals surface area contributed by atoms with Crippen LogP contribution in [0.5, 0.6) is 0 Å². The van der Waals surface area contributed by atoms with E-state index in [4.69, 9.17) is 4.74 Å². The van der Waals surface area contributed by atoms with Crippen molar-refractivity contribution in [1.29, 1.82) is 0 Å². The highest BCUT2D eigenvalue weighted by Crippen LogP contribution is 2.15. The van der Waals surface area contributed by atoms with Crippen LogP contribution < -0.4 is 0 Å². The smallest absolute Gasteiger partial charge is 0.311 e. The molecule has 0 amide bonds. The number of ether oxygens (including phenoxy) is 1. The van der Waals surface area contributed by atoms with Crippen molar-refractivity contribution in [3.05, 3.63) is 18.2 Å². The molecular formula is C10H16N2O2. The van der Waals surface area contributed by atoms with Gasteiger partial charge < -0.3 is 9.30 Å². The summed E-state index contributed by atoms with van der Waals surface area (Å²) in [5.41, 5.74) is 0.319. The molecule has 0 saturated heterocycles. The van der Waals surface area contributed by atoms with Crippen molar-refractivity contribution in [3.8, 4) is 0 Å². The van der Waals surface area contributed by atoms with E-state index in [0.717, 1.165) is 5.69 Å². The van der Waals surface area contributed by atoms with Gasteiger partial charge in [0.2, 0.25) is 0 Å². The number of esters is 1. The molecule has 0 N–H and O–H groups in total. The van der Waals surface area contributed by atoms with Gasteiger partial charge in [0.25, 0.3) is 0 Å². The molecule has 0 atom stereocenters. The Morgan fingerprint density at radius 3 is 2.64 bits per heavy atom. The molecule has 4 heteroatoms. The molecule has 1 heterocycles. The molecule has 0 radical (unpaired) electrons. The molecule has 1 rings (SSSR count). The van der Waals surface area contributed by atoms with Crippen molar-refractivity contribution in [3.63, 3.8) is 0 Å². The zero-order chi connectivity index (χ0) is 10.8. The van der Waals surface area contributed by atoms with E-state index in [1.165, 1.54) is 0 Å². The summed E-state index contributed by atoms with van der Waals surface area (Å²) < 4.78 is 6.91. The van der Waals surface area contributed by atoms with Gasteiger partial charge in [0, 0.05) is 13.2 Å². The minimum Gasteiger partial charge on any atom is -0.459 e. The third kappa shape index (κ3) is 2.87. The van der Waals surface area contributed by atoms with Gasteiger partial charge in [-0.05, 0) is 20.8 Å². The lowest BCUT2D eigenvalue weighted by atomic mass is 9.97. The molecule has 0 saturated carbocycles. The Morgan fingerprint density at radius 1 is 1.57 bits per heavy atom. The Morgan fingerprint density at radius 2 is 2.21 bits per heavy atom. The summed E-state index contributed by atoms with van der Waals surface area (Å²) in [6.07, 6.45) is 3.51. The molecule has 1 aromatic heterocycles. The molecule has 0 aliphatic rings. The monoisotopic (exact) mass is 196 g/mol. The largest absolute Gasteiger partial charge is 0.459 e. The van der Waals surface area contributed by atoms with E-state index in [1.54, 1.807) is 6.33 Å². The van der Waals surface area contributed by atoms with Gasteiger partial charge in [0.15, 0.2) is 0 Å². The number of carbonyl (C=O) groups is 1. The van der Waals surface area contributed by atoms with Crippen molar-refractivity contribution in [1.82, 2.24) is 9.55 Å². The van der Waals surface area contributed by atoms with Crippen LogP contribution in [0.2, 0.25) is 0 Å². The van der Waals surface area contributed by atoms with Gasteiger partial charge in [0.1, 0.15) is 6.61 Å². The lowest BCUT2D eigenvalue weighted by molar-refractivity contribution is -0.154. The van der Waals surface area contributed by atoms with Crippen molar-refractivity contribution in [2.45, 2.75) is 27.4 Å². The second-order valence-corrected chi connectivity index (χ2v) is 4.36. The number of nitrogens with zero attached hydrogens (tertiary/aromatic N) is 2. The fourth-order valence-corrected chi connectivity index (χ4v) is 0.897. The van der Waals surface area contributed by atoms with Crippen LogP contribution in [-0.2, 0) is 23.2 Å². The van der Waals surface area contributed by atoms with Gasteiger partial charge in [-0.1, -0.05) is 0 Å². The zero-order valence-electron chi connectivity index (χ0n) is 9.07. The van der Waals surface area contributed by atoms with Crippen LogP contribution in [0.15, 0.2) is 12.5 Å². The van der Waals surface area contributed by atoms with Crippen LogP contribution in [0.3, 0.4) is 0 Å². The van der Waals surface area contributed by atoms with E-state index in [1.807, 2.05) is 38.6 Å². The fourth-order valence-electron chi connectivity index (χ4n) is 0.897. The fraction of sp³-hybridized carbons (Fsp3) is 0.600. The molecule has 14 heavy (non-hydrogen) atoms. The van der Waals surface area contributed by atoms with Gasteiger partial charge in [0.05, 0.1) is 17.4 Å². The molecule has 0 bridgehead atoms. The highest BCUT2D eigenvalue weighted by Gasteiger charge is 2.23.